The monoisotopic (exact) mass is 455 g/mol. The Morgan fingerprint density at radius 3 is 2.36 bits per heavy atom. The van der Waals surface area contributed by atoms with E-state index in [0.717, 1.165) is 15.6 Å². The minimum atomic E-state index is -0.335. The van der Waals surface area contributed by atoms with Gasteiger partial charge in [0.15, 0.2) is 5.78 Å². The normalized spacial score (nSPS) is 21.4. The summed E-state index contributed by atoms with van der Waals surface area (Å²) in [4.78, 5) is 13.2. The third kappa shape index (κ3) is 3.65. The summed E-state index contributed by atoms with van der Waals surface area (Å²) in [6, 6.07) is 20.1. The molecule has 28 heavy (non-hydrogen) atoms. The average molecular weight is 457 g/mol. The minimum absolute atomic E-state index is 0. The molecule has 0 saturated carbocycles. The van der Waals surface area contributed by atoms with E-state index >= 15 is 0 Å². The zero-order valence-corrected chi connectivity index (χ0v) is 17.7. The highest BCUT2D eigenvalue weighted by molar-refractivity contribution is 9.10. The van der Waals surface area contributed by atoms with Crippen molar-refractivity contribution in [3.8, 4) is 6.07 Å². The number of hydrogen-bond donors (Lipinski definition) is 0. The van der Waals surface area contributed by atoms with Crippen molar-refractivity contribution in [3.63, 3.8) is 0 Å². The van der Waals surface area contributed by atoms with Crippen LogP contribution in [-0.4, -0.2) is 5.78 Å². The maximum Gasteiger partial charge on any atom is 0.163 e. The molecule has 2 aromatic rings. The molecule has 2 aromatic carbocycles. The lowest BCUT2D eigenvalue weighted by atomic mass is 9.73. The number of rotatable bonds is 2. The van der Waals surface area contributed by atoms with Gasteiger partial charge in [0.25, 0.3) is 0 Å². The number of nitrogens with zero attached hydrogens (tertiary/aromatic N) is 1. The van der Waals surface area contributed by atoms with Gasteiger partial charge in [0, 0.05) is 22.9 Å². The first-order valence-electron chi connectivity index (χ1n) is 8.94. The van der Waals surface area contributed by atoms with Gasteiger partial charge < -0.3 is 4.74 Å². The van der Waals surface area contributed by atoms with Crippen molar-refractivity contribution in [1.82, 2.24) is 0 Å². The van der Waals surface area contributed by atoms with Crippen LogP contribution in [0.3, 0.4) is 0 Å². The van der Waals surface area contributed by atoms with Gasteiger partial charge in [-0.15, -0.1) is 12.4 Å². The molecule has 0 bridgehead atoms. The Morgan fingerprint density at radius 1 is 1.04 bits per heavy atom. The summed E-state index contributed by atoms with van der Waals surface area (Å²) in [5.74, 6) is 1.13. The first-order valence-corrected chi connectivity index (χ1v) is 9.73. The Hall–Kier alpha value is -2.35. The second-order valence-electron chi connectivity index (χ2n) is 6.94. The Balaban J connectivity index is 0.00000225. The molecular weight excluding hydrogens is 438 g/mol. The Labute approximate surface area is 179 Å². The van der Waals surface area contributed by atoms with Crippen molar-refractivity contribution in [1.29, 1.82) is 5.26 Å². The van der Waals surface area contributed by atoms with Crippen LogP contribution in [0.4, 0.5) is 0 Å². The molecule has 142 valence electrons. The molecule has 0 saturated heterocycles. The molecule has 0 aromatic heterocycles. The van der Waals surface area contributed by atoms with Crippen LogP contribution >= 0.6 is 28.3 Å². The highest BCUT2D eigenvalue weighted by atomic mass is 79.9. The fourth-order valence-corrected chi connectivity index (χ4v) is 4.26. The molecule has 0 fully saturated rings. The number of hydrogen-bond acceptors (Lipinski definition) is 3. The topological polar surface area (TPSA) is 50.1 Å². The second kappa shape index (κ2) is 8.34. The van der Waals surface area contributed by atoms with E-state index in [1.165, 1.54) is 0 Å². The van der Waals surface area contributed by atoms with Crippen molar-refractivity contribution in [2.75, 3.05) is 0 Å². The molecular formula is C23H19BrClNO2. The average Bonchev–Trinajstić information content (AvgIpc) is 2.68. The van der Waals surface area contributed by atoms with Crippen LogP contribution in [0.1, 0.15) is 42.7 Å². The number of ketones is 1. The molecule has 0 spiro atoms. The van der Waals surface area contributed by atoms with Crippen LogP contribution in [0.5, 0.6) is 0 Å². The molecule has 0 amide bonds. The Bertz CT molecular complexity index is 1000. The fraction of sp³-hybridized carbons (Fsp3) is 0.217. The summed E-state index contributed by atoms with van der Waals surface area (Å²) in [6.07, 6.45) is 1.10. The molecule has 1 heterocycles. The zero-order valence-electron chi connectivity index (χ0n) is 15.3. The maximum absolute atomic E-state index is 13.2. The molecule has 2 atom stereocenters. The second-order valence-corrected chi connectivity index (χ2v) is 7.86. The molecule has 5 heteroatoms. The number of benzene rings is 2. The first kappa shape index (κ1) is 20.4. The van der Waals surface area contributed by atoms with E-state index in [1.807, 2.05) is 49.4 Å². The van der Waals surface area contributed by atoms with Crippen LogP contribution in [0.15, 0.2) is 81.7 Å². The van der Waals surface area contributed by atoms with Crippen molar-refractivity contribution in [2.24, 2.45) is 0 Å². The minimum Gasteiger partial charge on any atom is -0.465 e. The van der Waals surface area contributed by atoms with Crippen molar-refractivity contribution in [2.45, 2.75) is 31.6 Å². The first-order chi connectivity index (χ1) is 13.1. The number of halogens is 2. The largest absolute Gasteiger partial charge is 0.465 e. The van der Waals surface area contributed by atoms with Gasteiger partial charge in [-0.25, -0.2) is 0 Å². The number of carbonyl (C=O) groups excluding carboxylic acids is 1. The highest BCUT2D eigenvalue weighted by Crippen LogP contribution is 2.47. The zero-order chi connectivity index (χ0) is 19.0. The molecule has 2 aliphatic rings. The summed E-state index contributed by atoms with van der Waals surface area (Å²) in [5, 5.41) is 9.70. The van der Waals surface area contributed by atoms with E-state index in [1.54, 1.807) is 0 Å². The lowest BCUT2D eigenvalue weighted by molar-refractivity contribution is -0.117. The lowest BCUT2D eigenvalue weighted by Gasteiger charge is -2.34. The number of allylic oxidation sites excluding steroid dienone is 4. The molecule has 0 radical (unpaired) electrons. The smallest absolute Gasteiger partial charge is 0.163 e. The van der Waals surface area contributed by atoms with Crippen molar-refractivity contribution >= 4 is 34.1 Å². The number of nitriles is 1. The van der Waals surface area contributed by atoms with E-state index in [9.17, 15) is 10.1 Å². The third-order valence-corrected chi connectivity index (χ3v) is 5.82. The van der Waals surface area contributed by atoms with Crippen LogP contribution in [0.25, 0.3) is 0 Å². The van der Waals surface area contributed by atoms with Crippen LogP contribution < -0.4 is 0 Å². The third-order valence-electron chi connectivity index (χ3n) is 5.29. The quantitative estimate of drug-likeness (QED) is 0.542. The summed E-state index contributed by atoms with van der Waals surface area (Å²) >= 11 is 3.46. The number of Topliss-reactive ketones (excluding diaryl/α,β-unsaturated/α-hetero) is 1. The fourth-order valence-electron chi connectivity index (χ4n) is 3.99. The molecule has 3 nitrogen and oxygen atoms in total. The maximum atomic E-state index is 13.2. The van der Waals surface area contributed by atoms with E-state index in [0.29, 0.717) is 35.5 Å². The molecule has 1 aliphatic heterocycles. The van der Waals surface area contributed by atoms with E-state index in [-0.39, 0.29) is 30.0 Å². The number of carbonyl (C=O) groups is 1. The highest BCUT2D eigenvalue weighted by Gasteiger charge is 2.40. The Morgan fingerprint density at radius 2 is 1.71 bits per heavy atom. The van der Waals surface area contributed by atoms with Gasteiger partial charge in [0.1, 0.15) is 11.5 Å². The predicted octanol–water partition coefficient (Wildman–Crippen LogP) is 6.18. The number of ether oxygens (including phenoxy) is 1. The van der Waals surface area contributed by atoms with Crippen molar-refractivity contribution in [3.05, 3.63) is 92.9 Å². The van der Waals surface area contributed by atoms with E-state index < -0.39 is 0 Å². The van der Waals surface area contributed by atoms with Crippen LogP contribution in [0.2, 0.25) is 0 Å². The predicted molar refractivity (Wildman–Crippen MR) is 114 cm³/mol. The standard InChI is InChI=1S/C23H18BrNO2.ClH/c1-14-19(13-25)22(16-5-3-2-4-6-16)23-20(26)11-17(12-21(23)27-14)15-7-9-18(24)10-8-15;/h2-10,17,22H,11-12H2,1H3;1H. The van der Waals surface area contributed by atoms with Crippen LogP contribution in [0, 0.1) is 11.3 Å². The van der Waals surface area contributed by atoms with E-state index in [4.69, 9.17) is 4.74 Å². The Kier molecular flexibility index (Phi) is 6.07. The summed E-state index contributed by atoms with van der Waals surface area (Å²) in [6.45, 7) is 1.81. The molecule has 4 rings (SSSR count). The van der Waals surface area contributed by atoms with Gasteiger partial charge in [-0.05, 0) is 36.1 Å². The lowest BCUT2D eigenvalue weighted by Crippen LogP contribution is -2.27. The van der Waals surface area contributed by atoms with Gasteiger partial charge in [-0.2, -0.15) is 5.26 Å². The molecule has 2 unspecified atom stereocenters. The van der Waals surface area contributed by atoms with Gasteiger partial charge in [-0.1, -0.05) is 58.4 Å². The van der Waals surface area contributed by atoms with Crippen LogP contribution in [-0.2, 0) is 9.53 Å². The van der Waals surface area contributed by atoms with Gasteiger partial charge in [0.05, 0.1) is 17.6 Å². The van der Waals surface area contributed by atoms with Gasteiger partial charge in [-0.3, -0.25) is 4.79 Å². The molecule has 0 N–H and O–H groups in total. The van der Waals surface area contributed by atoms with Crippen molar-refractivity contribution < 1.29 is 9.53 Å². The summed E-state index contributed by atoms with van der Waals surface area (Å²) < 4.78 is 7.02. The SMILES string of the molecule is CC1=C(C#N)C(c2ccccc2)C2=C(CC(c3ccc(Br)cc3)CC2=O)O1.Cl. The van der Waals surface area contributed by atoms with Gasteiger partial charge >= 0.3 is 0 Å². The summed E-state index contributed by atoms with van der Waals surface area (Å²) in [7, 11) is 0. The molecule has 1 aliphatic carbocycles. The van der Waals surface area contributed by atoms with Gasteiger partial charge in [0.2, 0.25) is 0 Å². The van der Waals surface area contributed by atoms with E-state index in [2.05, 4.69) is 34.1 Å². The summed E-state index contributed by atoms with van der Waals surface area (Å²) in [5.41, 5.74) is 3.26.